The maximum Gasteiger partial charge on any atom is 0.0512 e. The van der Waals surface area contributed by atoms with Crippen molar-refractivity contribution in [3.8, 4) is 0 Å². The normalized spacial score (nSPS) is 26.4. The molecule has 60 valence electrons. The lowest BCUT2D eigenvalue weighted by Gasteiger charge is -2.01. The van der Waals surface area contributed by atoms with Gasteiger partial charge in [-0.15, -0.1) is 0 Å². The van der Waals surface area contributed by atoms with Crippen molar-refractivity contribution >= 4 is 0 Å². The van der Waals surface area contributed by atoms with Crippen molar-refractivity contribution in [1.82, 2.24) is 5.32 Å². The molecule has 2 heteroatoms. The van der Waals surface area contributed by atoms with Gasteiger partial charge < -0.3 is 10.4 Å². The Balaban J connectivity index is 1.76. The molecule has 1 rings (SSSR count). The van der Waals surface area contributed by atoms with E-state index in [-0.39, 0.29) is 6.10 Å². The third-order valence-electron chi connectivity index (χ3n) is 1.92. The fraction of sp³-hybridized carbons (Fsp3) is 1.00. The minimum Gasteiger partial charge on any atom is -0.393 e. The van der Waals surface area contributed by atoms with Crippen LogP contribution in [-0.2, 0) is 0 Å². The SMILES string of the molecule is CC(O)CCCCC1CN1. The summed E-state index contributed by atoms with van der Waals surface area (Å²) in [5.74, 6) is 0. The van der Waals surface area contributed by atoms with Crippen LogP contribution in [0.25, 0.3) is 0 Å². The molecule has 0 spiro atoms. The van der Waals surface area contributed by atoms with Gasteiger partial charge in [0.1, 0.15) is 0 Å². The fourth-order valence-corrected chi connectivity index (χ4v) is 1.12. The molecule has 0 bridgehead atoms. The number of rotatable bonds is 5. The first kappa shape index (κ1) is 8.02. The zero-order chi connectivity index (χ0) is 7.40. The summed E-state index contributed by atoms with van der Waals surface area (Å²) >= 11 is 0. The highest BCUT2D eigenvalue weighted by molar-refractivity contribution is 4.82. The molecule has 10 heavy (non-hydrogen) atoms. The second-order valence-electron chi connectivity index (χ2n) is 3.24. The van der Waals surface area contributed by atoms with Gasteiger partial charge in [0.15, 0.2) is 0 Å². The van der Waals surface area contributed by atoms with Crippen molar-refractivity contribution in [2.24, 2.45) is 0 Å². The Hall–Kier alpha value is -0.0800. The van der Waals surface area contributed by atoms with Gasteiger partial charge in [0.05, 0.1) is 6.10 Å². The van der Waals surface area contributed by atoms with Gasteiger partial charge in [0, 0.05) is 12.6 Å². The third kappa shape index (κ3) is 3.85. The number of nitrogens with one attached hydrogen (secondary N) is 1. The number of unbranched alkanes of at least 4 members (excludes halogenated alkanes) is 1. The number of aliphatic hydroxyl groups is 1. The minimum atomic E-state index is -0.104. The predicted molar refractivity (Wildman–Crippen MR) is 41.9 cm³/mol. The largest absolute Gasteiger partial charge is 0.393 e. The average molecular weight is 143 g/mol. The molecule has 2 nitrogen and oxygen atoms in total. The second kappa shape index (κ2) is 3.94. The molecule has 1 heterocycles. The van der Waals surface area contributed by atoms with E-state index in [2.05, 4.69) is 5.32 Å². The summed E-state index contributed by atoms with van der Waals surface area (Å²) in [6, 6.07) is 0.814. The first-order valence-corrected chi connectivity index (χ1v) is 4.20. The molecule has 0 amide bonds. The number of aliphatic hydroxyl groups excluding tert-OH is 1. The maximum atomic E-state index is 8.92. The third-order valence-corrected chi connectivity index (χ3v) is 1.92. The van der Waals surface area contributed by atoms with Gasteiger partial charge in [-0.25, -0.2) is 0 Å². The molecule has 0 aliphatic carbocycles. The summed E-state index contributed by atoms with van der Waals surface area (Å²) in [5, 5.41) is 12.2. The fourth-order valence-electron chi connectivity index (χ4n) is 1.12. The van der Waals surface area contributed by atoms with Gasteiger partial charge >= 0.3 is 0 Å². The summed E-state index contributed by atoms with van der Waals surface area (Å²) in [4.78, 5) is 0. The van der Waals surface area contributed by atoms with Crippen molar-refractivity contribution in [2.45, 2.75) is 44.8 Å². The quantitative estimate of drug-likeness (QED) is 0.443. The summed E-state index contributed by atoms with van der Waals surface area (Å²) in [7, 11) is 0. The molecular formula is C8H17NO. The van der Waals surface area contributed by atoms with E-state index in [4.69, 9.17) is 5.11 Å². The standard InChI is InChI=1S/C8H17NO/c1-7(10)4-2-3-5-8-6-9-8/h7-10H,2-6H2,1H3. The van der Waals surface area contributed by atoms with Crippen LogP contribution < -0.4 is 5.32 Å². The topological polar surface area (TPSA) is 42.2 Å². The van der Waals surface area contributed by atoms with Crippen LogP contribution in [0.4, 0.5) is 0 Å². The van der Waals surface area contributed by atoms with Gasteiger partial charge in [-0.1, -0.05) is 12.8 Å². The average Bonchev–Trinajstić information content (AvgIpc) is 2.62. The summed E-state index contributed by atoms with van der Waals surface area (Å²) < 4.78 is 0. The molecule has 1 fully saturated rings. The monoisotopic (exact) mass is 143 g/mol. The lowest BCUT2D eigenvalue weighted by molar-refractivity contribution is 0.180. The summed E-state index contributed by atoms with van der Waals surface area (Å²) in [6.07, 6.45) is 4.60. The molecular weight excluding hydrogens is 126 g/mol. The van der Waals surface area contributed by atoms with E-state index in [1.165, 1.54) is 25.8 Å². The first-order chi connectivity index (χ1) is 4.79. The molecule has 0 radical (unpaired) electrons. The Kier molecular flexibility index (Phi) is 3.16. The number of hydrogen-bond donors (Lipinski definition) is 2. The second-order valence-corrected chi connectivity index (χ2v) is 3.24. The van der Waals surface area contributed by atoms with Gasteiger partial charge in [-0.3, -0.25) is 0 Å². The van der Waals surface area contributed by atoms with Crippen molar-refractivity contribution < 1.29 is 5.11 Å². The zero-order valence-electron chi connectivity index (χ0n) is 6.64. The molecule has 2 N–H and O–H groups in total. The van der Waals surface area contributed by atoms with Gasteiger partial charge in [0.2, 0.25) is 0 Å². The highest BCUT2D eigenvalue weighted by Crippen LogP contribution is 2.10. The van der Waals surface area contributed by atoms with Crippen molar-refractivity contribution in [2.75, 3.05) is 6.54 Å². The van der Waals surface area contributed by atoms with Crippen molar-refractivity contribution in [3.05, 3.63) is 0 Å². The molecule has 0 aromatic carbocycles. The smallest absolute Gasteiger partial charge is 0.0512 e. The van der Waals surface area contributed by atoms with Crippen molar-refractivity contribution in [3.63, 3.8) is 0 Å². The highest BCUT2D eigenvalue weighted by atomic mass is 16.3. The molecule has 0 aromatic rings. The Bertz CT molecular complexity index is 85.3. The van der Waals surface area contributed by atoms with E-state index in [0.717, 1.165) is 12.5 Å². The van der Waals surface area contributed by atoms with Crippen LogP contribution in [-0.4, -0.2) is 23.8 Å². The van der Waals surface area contributed by atoms with Gasteiger partial charge in [0.25, 0.3) is 0 Å². The van der Waals surface area contributed by atoms with Gasteiger partial charge in [-0.2, -0.15) is 0 Å². The van der Waals surface area contributed by atoms with E-state index in [0.29, 0.717) is 0 Å². The van der Waals surface area contributed by atoms with Crippen LogP contribution in [0.1, 0.15) is 32.6 Å². The van der Waals surface area contributed by atoms with Crippen LogP contribution in [0.3, 0.4) is 0 Å². The summed E-state index contributed by atoms with van der Waals surface area (Å²) in [5.41, 5.74) is 0. The van der Waals surface area contributed by atoms with Gasteiger partial charge in [-0.05, 0) is 19.8 Å². The Morgan fingerprint density at radius 3 is 2.80 bits per heavy atom. The highest BCUT2D eigenvalue weighted by Gasteiger charge is 2.18. The van der Waals surface area contributed by atoms with E-state index >= 15 is 0 Å². The molecule has 0 aromatic heterocycles. The van der Waals surface area contributed by atoms with E-state index in [1.54, 1.807) is 0 Å². The Morgan fingerprint density at radius 1 is 1.60 bits per heavy atom. The molecule has 1 aliphatic heterocycles. The lowest BCUT2D eigenvalue weighted by atomic mass is 10.1. The van der Waals surface area contributed by atoms with Crippen LogP contribution in [0.2, 0.25) is 0 Å². The first-order valence-electron chi connectivity index (χ1n) is 4.20. The van der Waals surface area contributed by atoms with Crippen LogP contribution in [0.15, 0.2) is 0 Å². The van der Waals surface area contributed by atoms with E-state index in [1.807, 2.05) is 6.92 Å². The number of hydrogen-bond acceptors (Lipinski definition) is 2. The van der Waals surface area contributed by atoms with E-state index in [9.17, 15) is 0 Å². The summed E-state index contributed by atoms with van der Waals surface area (Å²) in [6.45, 7) is 3.07. The Labute approximate surface area is 62.6 Å². The van der Waals surface area contributed by atoms with Crippen LogP contribution in [0, 0.1) is 0 Å². The van der Waals surface area contributed by atoms with Crippen LogP contribution in [0.5, 0.6) is 0 Å². The molecule has 1 saturated heterocycles. The van der Waals surface area contributed by atoms with Crippen molar-refractivity contribution in [1.29, 1.82) is 0 Å². The molecule has 0 saturated carbocycles. The van der Waals surface area contributed by atoms with Crippen LogP contribution >= 0.6 is 0 Å². The lowest BCUT2D eigenvalue weighted by Crippen LogP contribution is -1.99. The Morgan fingerprint density at radius 2 is 2.30 bits per heavy atom. The minimum absolute atomic E-state index is 0.104. The maximum absolute atomic E-state index is 8.92. The van der Waals surface area contributed by atoms with E-state index < -0.39 is 0 Å². The molecule has 2 atom stereocenters. The molecule has 1 aliphatic rings. The molecule has 2 unspecified atom stereocenters. The predicted octanol–water partition coefficient (Wildman–Crippen LogP) is 0.899. The zero-order valence-corrected chi connectivity index (χ0v) is 6.64.